The Labute approximate surface area is 173 Å². The number of piperazine rings is 1. The van der Waals surface area contributed by atoms with Crippen molar-refractivity contribution in [3.05, 3.63) is 29.8 Å². The fourth-order valence-corrected chi connectivity index (χ4v) is 4.61. The van der Waals surface area contributed by atoms with E-state index in [9.17, 15) is 4.79 Å². The molecule has 0 unspecified atom stereocenters. The molecule has 1 saturated heterocycles. The van der Waals surface area contributed by atoms with E-state index >= 15 is 0 Å². The minimum absolute atomic E-state index is 0.317. The molecule has 1 amide bonds. The molecule has 1 aliphatic carbocycles. The van der Waals surface area contributed by atoms with Crippen molar-refractivity contribution in [2.75, 3.05) is 31.1 Å². The number of carbonyl (C=O) groups excluding carboxylic acids is 1. The minimum atomic E-state index is 0.317. The molecule has 0 bridgehead atoms. The predicted molar refractivity (Wildman–Crippen MR) is 113 cm³/mol. The van der Waals surface area contributed by atoms with Crippen molar-refractivity contribution >= 4 is 11.7 Å². The van der Waals surface area contributed by atoms with Crippen LogP contribution in [0.3, 0.4) is 0 Å². The number of hydrogen-bond donors (Lipinski definition) is 0. The summed E-state index contributed by atoms with van der Waals surface area (Å²) in [7, 11) is 0. The third-order valence-corrected chi connectivity index (χ3v) is 6.28. The number of nitrogens with zero attached hydrogens (tertiary/aromatic N) is 6. The summed E-state index contributed by atoms with van der Waals surface area (Å²) in [5, 5.41) is 4.50. The lowest BCUT2D eigenvalue weighted by molar-refractivity contribution is -0.131. The van der Waals surface area contributed by atoms with Gasteiger partial charge in [0.1, 0.15) is 5.82 Å². The van der Waals surface area contributed by atoms with Crippen molar-refractivity contribution in [3.63, 3.8) is 0 Å². The van der Waals surface area contributed by atoms with E-state index in [-0.39, 0.29) is 0 Å². The number of hydrogen-bond acceptors (Lipinski definition) is 5. The largest absolute Gasteiger partial charge is 0.352 e. The fourth-order valence-electron chi connectivity index (χ4n) is 4.61. The SMILES string of the molecule is Cc1cc(C)n(-c2cncc(N3CCN(C(=O)CCC4CCCCC4)CC3)n2)n1. The van der Waals surface area contributed by atoms with Crippen LogP contribution in [0.1, 0.15) is 56.3 Å². The summed E-state index contributed by atoms with van der Waals surface area (Å²) >= 11 is 0. The summed E-state index contributed by atoms with van der Waals surface area (Å²) in [6.45, 7) is 7.11. The van der Waals surface area contributed by atoms with E-state index < -0.39 is 0 Å². The summed E-state index contributed by atoms with van der Waals surface area (Å²) in [4.78, 5) is 26.0. The van der Waals surface area contributed by atoms with Crippen LogP contribution in [0.4, 0.5) is 5.82 Å². The van der Waals surface area contributed by atoms with Crippen molar-refractivity contribution in [2.24, 2.45) is 5.92 Å². The maximum atomic E-state index is 12.6. The highest BCUT2D eigenvalue weighted by Crippen LogP contribution is 2.27. The van der Waals surface area contributed by atoms with Crippen LogP contribution in [0.15, 0.2) is 18.5 Å². The van der Waals surface area contributed by atoms with Crippen LogP contribution < -0.4 is 4.90 Å². The van der Waals surface area contributed by atoms with Crippen molar-refractivity contribution < 1.29 is 4.79 Å². The average Bonchev–Trinajstić information content (AvgIpc) is 3.11. The van der Waals surface area contributed by atoms with Crippen molar-refractivity contribution in [1.82, 2.24) is 24.6 Å². The maximum absolute atomic E-state index is 12.6. The van der Waals surface area contributed by atoms with E-state index in [1.807, 2.05) is 29.5 Å². The second-order valence-corrected chi connectivity index (χ2v) is 8.48. The van der Waals surface area contributed by atoms with Gasteiger partial charge in [0.15, 0.2) is 5.82 Å². The lowest BCUT2D eigenvalue weighted by Crippen LogP contribution is -2.49. The molecule has 156 valence electrons. The van der Waals surface area contributed by atoms with Crippen molar-refractivity contribution in [2.45, 2.75) is 58.8 Å². The molecule has 2 aromatic heterocycles. The Morgan fingerprint density at radius 3 is 2.45 bits per heavy atom. The molecule has 2 fully saturated rings. The molecule has 2 aromatic rings. The molecule has 7 heteroatoms. The monoisotopic (exact) mass is 396 g/mol. The summed E-state index contributed by atoms with van der Waals surface area (Å²) in [5.74, 6) is 2.67. The van der Waals surface area contributed by atoms with Gasteiger partial charge in [-0.05, 0) is 32.3 Å². The van der Waals surface area contributed by atoms with Gasteiger partial charge in [-0.15, -0.1) is 0 Å². The number of anilines is 1. The first kappa shape index (κ1) is 19.9. The first-order valence-corrected chi connectivity index (χ1v) is 11.0. The number of rotatable bonds is 5. The molecule has 1 saturated carbocycles. The number of carbonyl (C=O) groups is 1. The number of aryl methyl sites for hydroxylation is 2. The molecule has 29 heavy (non-hydrogen) atoms. The van der Waals surface area contributed by atoms with Gasteiger partial charge in [0, 0.05) is 38.3 Å². The number of amides is 1. The standard InChI is InChI=1S/C22H32N6O/c1-17-14-18(2)28(25-17)21-16-23-15-20(24-21)26-10-12-27(13-11-26)22(29)9-8-19-6-4-3-5-7-19/h14-16,19H,3-13H2,1-2H3. The topological polar surface area (TPSA) is 67.2 Å². The predicted octanol–water partition coefficient (Wildman–Crippen LogP) is 3.29. The van der Waals surface area contributed by atoms with Crippen LogP contribution in [0.2, 0.25) is 0 Å². The van der Waals surface area contributed by atoms with Crippen LogP contribution in [0.25, 0.3) is 5.82 Å². The molecule has 0 N–H and O–H groups in total. The van der Waals surface area contributed by atoms with Gasteiger partial charge >= 0.3 is 0 Å². The van der Waals surface area contributed by atoms with Gasteiger partial charge in [-0.3, -0.25) is 9.78 Å². The first-order valence-electron chi connectivity index (χ1n) is 11.0. The molecule has 0 spiro atoms. The van der Waals surface area contributed by atoms with Crippen LogP contribution in [0.5, 0.6) is 0 Å². The zero-order valence-electron chi connectivity index (χ0n) is 17.7. The van der Waals surface area contributed by atoms with E-state index in [1.165, 1.54) is 32.1 Å². The van der Waals surface area contributed by atoms with Gasteiger partial charge in [0.2, 0.25) is 5.91 Å². The van der Waals surface area contributed by atoms with Gasteiger partial charge in [0.05, 0.1) is 18.1 Å². The zero-order chi connectivity index (χ0) is 20.2. The Hall–Kier alpha value is -2.44. The fraction of sp³-hybridized carbons (Fsp3) is 0.636. The Bertz CT molecular complexity index is 834. The highest BCUT2D eigenvalue weighted by molar-refractivity contribution is 5.76. The normalized spacial score (nSPS) is 18.3. The highest BCUT2D eigenvalue weighted by atomic mass is 16.2. The van der Waals surface area contributed by atoms with Gasteiger partial charge in [-0.1, -0.05) is 32.1 Å². The third-order valence-electron chi connectivity index (χ3n) is 6.28. The van der Waals surface area contributed by atoms with Crippen LogP contribution in [-0.2, 0) is 4.79 Å². The molecule has 1 aliphatic heterocycles. The molecule has 4 rings (SSSR count). The van der Waals surface area contributed by atoms with Gasteiger partial charge in [0.25, 0.3) is 0 Å². The molecule has 0 radical (unpaired) electrons. The smallest absolute Gasteiger partial charge is 0.222 e. The quantitative estimate of drug-likeness (QED) is 0.776. The summed E-state index contributed by atoms with van der Waals surface area (Å²) in [6, 6.07) is 2.03. The molecule has 0 atom stereocenters. The lowest BCUT2D eigenvalue weighted by Gasteiger charge is -2.35. The Kier molecular flexibility index (Phi) is 6.11. The van der Waals surface area contributed by atoms with E-state index in [0.29, 0.717) is 12.3 Å². The van der Waals surface area contributed by atoms with Crippen molar-refractivity contribution in [1.29, 1.82) is 0 Å². The van der Waals surface area contributed by atoms with Gasteiger partial charge in [-0.2, -0.15) is 5.10 Å². The average molecular weight is 397 g/mol. The molecule has 2 aliphatic rings. The molecule has 0 aromatic carbocycles. The van der Waals surface area contributed by atoms with Crippen LogP contribution in [-0.4, -0.2) is 56.7 Å². The Morgan fingerprint density at radius 2 is 1.76 bits per heavy atom. The van der Waals surface area contributed by atoms with Crippen LogP contribution >= 0.6 is 0 Å². The van der Waals surface area contributed by atoms with E-state index in [0.717, 1.165) is 61.5 Å². The Balaban J connectivity index is 1.32. The third kappa shape index (κ3) is 4.77. The van der Waals surface area contributed by atoms with E-state index in [2.05, 4.69) is 15.0 Å². The van der Waals surface area contributed by atoms with Gasteiger partial charge in [-0.25, -0.2) is 9.67 Å². The summed E-state index contributed by atoms with van der Waals surface area (Å²) in [5.41, 5.74) is 2.01. The molecule has 7 nitrogen and oxygen atoms in total. The summed E-state index contributed by atoms with van der Waals surface area (Å²) < 4.78 is 1.83. The van der Waals surface area contributed by atoms with Gasteiger partial charge < -0.3 is 9.80 Å². The molecular formula is C22H32N6O. The minimum Gasteiger partial charge on any atom is -0.352 e. The highest BCUT2D eigenvalue weighted by Gasteiger charge is 2.23. The zero-order valence-corrected chi connectivity index (χ0v) is 17.7. The second kappa shape index (κ2) is 8.93. The molecule has 3 heterocycles. The lowest BCUT2D eigenvalue weighted by atomic mass is 9.86. The maximum Gasteiger partial charge on any atom is 0.222 e. The molecular weight excluding hydrogens is 364 g/mol. The first-order chi connectivity index (χ1) is 14.1. The second-order valence-electron chi connectivity index (χ2n) is 8.48. The number of aromatic nitrogens is 4. The van der Waals surface area contributed by atoms with E-state index in [1.54, 1.807) is 12.4 Å². The van der Waals surface area contributed by atoms with Crippen LogP contribution in [0, 0.1) is 19.8 Å². The van der Waals surface area contributed by atoms with Crippen molar-refractivity contribution in [3.8, 4) is 5.82 Å². The summed E-state index contributed by atoms with van der Waals surface area (Å²) in [6.07, 6.45) is 12.0. The Morgan fingerprint density at radius 1 is 1.03 bits per heavy atom. The van der Waals surface area contributed by atoms with E-state index in [4.69, 9.17) is 4.98 Å².